The highest BCUT2D eigenvalue weighted by atomic mass is 16.6. The maximum Gasteiger partial charge on any atom is 0.338 e. The second-order valence-electron chi connectivity index (χ2n) is 9.27. The average Bonchev–Trinajstić information content (AvgIpc) is 3.02. The van der Waals surface area contributed by atoms with Crippen molar-refractivity contribution in [2.24, 2.45) is 0 Å². The molecule has 4 rings (SSSR count). The van der Waals surface area contributed by atoms with E-state index in [1.54, 1.807) is 0 Å². The highest BCUT2D eigenvalue weighted by Gasteiger charge is 2.33. The minimum atomic E-state index is -1.52. The van der Waals surface area contributed by atoms with Gasteiger partial charge in [0.2, 0.25) is 0 Å². The first kappa shape index (κ1) is 30.9. The van der Waals surface area contributed by atoms with Gasteiger partial charge in [0.15, 0.2) is 12.2 Å². The van der Waals surface area contributed by atoms with Gasteiger partial charge in [-0.1, -0.05) is 0 Å². The van der Waals surface area contributed by atoms with E-state index in [-0.39, 0.29) is 45.3 Å². The minimum absolute atomic E-state index is 0.00219. The highest BCUT2D eigenvalue weighted by molar-refractivity contribution is 5.92. The molecule has 4 N–H and O–H groups in total. The zero-order chi connectivity index (χ0) is 31.6. The molecule has 226 valence electrons. The molecule has 0 aromatic heterocycles. The normalized spacial score (nSPS) is 11.9. The number of esters is 4. The van der Waals surface area contributed by atoms with Gasteiger partial charge < -0.3 is 39.4 Å². The Morgan fingerprint density at radius 3 is 0.886 bits per heavy atom. The predicted octanol–water partition coefficient (Wildman–Crippen LogP) is 3.97. The standard InChI is InChI=1S/C32H26O12/c33-23-9-1-19(2-10-23)29(37)41-17-27(43-31(39)21-5-13-25(35)14-6-21)28(44-32(40)22-7-15-26(36)16-8-22)18-42-30(38)20-3-11-24(34)12-4-20/h1-16,27-28,33-36H,17-18H2. The van der Waals surface area contributed by atoms with Crippen molar-refractivity contribution in [1.82, 2.24) is 0 Å². The molecule has 0 saturated carbocycles. The summed E-state index contributed by atoms with van der Waals surface area (Å²) in [6.45, 7) is -1.32. The number of aromatic hydroxyl groups is 4. The molecule has 0 heterocycles. The molecule has 44 heavy (non-hydrogen) atoms. The monoisotopic (exact) mass is 602 g/mol. The van der Waals surface area contributed by atoms with Gasteiger partial charge in [0.05, 0.1) is 22.3 Å². The van der Waals surface area contributed by atoms with E-state index in [4.69, 9.17) is 18.9 Å². The number of phenols is 4. The molecule has 4 aromatic carbocycles. The summed E-state index contributed by atoms with van der Waals surface area (Å²) in [7, 11) is 0. The Balaban J connectivity index is 1.61. The second kappa shape index (κ2) is 14.2. The zero-order valence-electron chi connectivity index (χ0n) is 22.9. The van der Waals surface area contributed by atoms with Crippen molar-refractivity contribution in [3.05, 3.63) is 119 Å². The van der Waals surface area contributed by atoms with Gasteiger partial charge in [-0.2, -0.15) is 0 Å². The Morgan fingerprint density at radius 2 is 0.636 bits per heavy atom. The second-order valence-corrected chi connectivity index (χ2v) is 9.27. The van der Waals surface area contributed by atoms with Crippen LogP contribution in [-0.2, 0) is 18.9 Å². The van der Waals surface area contributed by atoms with Crippen LogP contribution in [0.2, 0.25) is 0 Å². The van der Waals surface area contributed by atoms with Gasteiger partial charge in [-0.3, -0.25) is 0 Å². The molecule has 4 aromatic rings. The average molecular weight is 603 g/mol. The lowest BCUT2D eigenvalue weighted by atomic mass is 10.1. The van der Waals surface area contributed by atoms with Crippen LogP contribution in [0.5, 0.6) is 23.0 Å². The largest absolute Gasteiger partial charge is 0.508 e. The van der Waals surface area contributed by atoms with E-state index in [1.807, 2.05) is 0 Å². The molecule has 0 saturated heterocycles. The number of rotatable bonds is 11. The van der Waals surface area contributed by atoms with Crippen LogP contribution < -0.4 is 0 Å². The van der Waals surface area contributed by atoms with Crippen molar-refractivity contribution >= 4 is 23.9 Å². The molecular weight excluding hydrogens is 576 g/mol. The van der Waals surface area contributed by atoms with Crippen LogP contribution in [-0.4, -0.2) is 69.7 Å². The molecule has 0 fully saturated rings. The molecule has 12 nitrogen and oxygen atoms in total. The Bertz CT molecular complexity index is 1470. The molecule has 2 atom stereocenters. The fourth-order valence-electron chi connectivity index (χ4n) is 3.72. The molecular formula is C32H26O12. The van der Waals surface area contributed by atoms with Crippen molar-refractivity contribution in [1.29, 1.82) is 0 Å². The molecule has 0 aliphatic rings. The predicted molar refractivity (Wildman–Crippen MR) is 151 cm³/mol. The Labute approximate surface area is 250 Å². The summed E-state index contributed by atoms with van der Waals surface area (Å²) in [5.74, 6) is -3.98. The summed E-state index contributed by atoms with van der Waals surface area (Å²) in [5.41, 5.74) is 0.121. The van der Waals surface area contributed by atoms with Crippen molar-refractivity contribution in [3.63, 3.8) is 0 Å². The van der Waals surface area contributed by atoms with E-state index in [9.17, 15) is 39.6 Å². The van der Waals surface area contributed by atoms with Crippen LogP contribution in [0.25, 0.3) is 0 Å². The maximum atomic E-state index is 13.0. The summed E-state index contributed by atoms with van der Waals surface area (Å²) < 4.78 is 21.8. The quantitative estimate of drug-likeness (QED) is 0.143. The van der Waals surface area contributed by atoms with E-state index in [1.165, 1.54) is 97.1 Å². The molecule has 0 bridgehead atoms. The van der Waals surface area contributed by atoms with Crippen LogP contribution in [0, 0.1) is 0 Å². The third-order valence-corrected chi connectivity index (χ3v) is 6.10. The number of carbonyl (C=O) groups is 4. The molecule has 2 unspecified atom stereocenters. The highest BCUT2D eigenvalue weighted by Crippen LogP contribution is 2.19. The van der Waals surface area contributed by atoms with Gasteiger partial charge in [0.1, 0.15) is 36.2 Å². The van der Waals surface area contributed by atoms with Crippen LogP contribution >= 0.6 is 0 Å². The lowest BCUT2D eigenvalue weighted by Crippen LogP contribution is -2.42. The summed E-state index contributed by atoms with van der Waals surface area (Å²) in [5, 5.41) is 38.2. The molecule has 0 spiro atoms. The number of hydrogen-bond acceptors (Lipinski definition) is 12. The molecule has 0 aliphatic carbocycles. The number of phenolic OH excluding ortho intramolecular Hbond substituents is 4. The summed E-state index contributed by atoms with van der Waals surface area (Å²) >= 11 is 0. The van der Waals surface area contributed by atoms with E-state index in [2.05, 4.69) is 0 Å². The molecule has 12 heteroatoms. The lowest BCUT2D eigenvalue weighted by molar-refractivity contribution is -0.0752. The topological polar surface area (TPSA) is 186 Å². The minimum Gasteiger partial charge on any atom is -0.508 e. The van der Waals surface area contributed by atoms with Crippen molar-refractivity contribution in [2.75, 3.05) is 13.2 Å². The fourth-order valence-corrected chi connectivity index (χ4v) is 3.72. The van der Waals surface area contributed by atoms with Gasteiger partial charge in [-0.25, -0.2) is 19.2 Å². The first-order chi connectivity index (χ1) is 21.1. The van der Waals surface area contributed by atoms with E-state index < -0.39 is 49.3 Å². The number of benzene rings is 4. The first-order valence-electron chi connectivity index (χ1n) is 13.0. The summed E-state index contributed by atoms with van der Waals surface area (Å²) in [6, 6.07) is 20.4. The van der Waals surface area contributed by atoms with E-state index in [0.29, 0.717) is 0 Å². The third kappa shape index (κ3) is 8.49. The van der Waals surface area contributed by atoms with Crippen LogP contribution in [0.15, 0.2) is 97.1 Å². The molecule has 0 aliphatic heterocycles. The van der Waals surface area contributed by atoms with Crippen molar-refractivity contribution < 1.29 is 58.6 Å². The summed E-state index contributed by atoms with van der Waals surface area (Å²) in [6.07, 6.45) is -3.04. The van der Waals surface area contributed by atoms with Gasteiger partial charge in [-0.05, 0) is 97.1 Å². The van der Waals surface area contributed by atoms with Crippen molar-refractivity contribution in [2.45, 2.75) is 12.2 Å². The maximum absolute atomic E-state index is 13.0. The van der Waals surface area contributed by atoms with Crippen molar-refractivity contribution in [3.8, 4) is 23.0 Å². The van der Waals surface area contributed by atoms with E-state index in [0.717, 1.165) is 0 Å². The molecule has 0 amide bonds. The Morgan fingerprint density at radius 1 is 0.409 bits per heavy atom. The number of carbonyl (C=O) groups excluding carboxylic acids is 4. The zero-order valence-corrected chi connectivity index (χ0v) is 22.9. The fraction of sp³-hybridized carbons (Fsp3) is 0.125. The van der Waals surface area contributed by atoms with Crippen LogP contribution in [0.3, 0.4) is 0 Å². The van der Waals surface area contributed by atoms with Crippen LogP contribution in [0.1, 0.15) is 41.4 Å². The van der Waals surface area contributed by atoms with Gasteiger partial charge >= 0.3 is 23.9 Å². The number of hydrogen-bond donors (Lipinski definition) is 4. The summed E-state index contributed by atoms with van der Waals surface area (Å²) in [4.78, 5) is 51.5. The first-order valence-corrected chi connectivity index (χ1v) is 13.0. The van der Waals surface area contributed by atoms with Gasteiger partial charge in [-0.15, -0.1) is 0 Å². The Hall–Kier alpha value is -6.04. The Kier molecular flexibility index (Phi) is 9.99. The third-order valence-electron chi connectivity index (χ3n) is 6.10. The lowest BCUT2D eigenvalue weighted by Gasteiger charge is -2.26. The smallest absolute Gasteiger partial charge is 0.338 e. The van der Waals surface area contributed by atoms with Gasteiger partial charge in [0.25, 0.3) is 0 Å². The number of ether oxygens (including phenoxy) is 4. The van der Waals surface area contributed by atoms with Gasteiger partial charge in [0, 0.05) is 0 Å². The molecule has 0 radical (unpaired) electrons. The van der Waals surface area contributed by atoms with E-state index >= 15 is 0 Å². The van der Waals surface area contributed by atoms with Crippen LogP contribution in [0.4, 0.5) is 0 Å². The SMILES string of the molecule is O=C(OCC(OC(=O)c1ccc(O)cc1)C(COC(=O)c1ccc(O)cc1)OC(=O)c1ccc(O)cc1)c1ccc(O)cc1.